The normalized spacial score (nSPS) is 32.4. The Balaban J connectivity index is 2.21. The molecule has 1 aliphatic carbocycles. The molecule has 0 bridgehead atoms. The van der Waals surface area contributed by atoms with Crippen LogP contribution in [-0.2, 0) is 23.9 Å². The van der Waals surface area contributed by atoms with Crippen LogP contribution < -0.4 is 0 Å². The van der Waals surface area contributed by atoms with Gasteiger partial charge in [-0.2, -0.15) is 0 Å². The first-order valence-electron chi connectivity index (χ1n) is 7.86. The molecule has 0 spiro atoms. The lowest BCUT2D eigenvalue weighted by Gasteiger charge is -2.24. The maximum atomic E-state index is 11.7. The number of ketones is 1. The van der Waals surface area contributed by atoms with E-state index in [0.717, 1.165) is 5.57 Å². The monoisotopic (exact) mass is 308 g/mol. The first kappa shape index (κ1) is 16.7. The molecule has 0 saturated carbocycles. The van der Waals surface area contributed by atoms with Crippen molar-refractivity contribution in [2.45, 2.75) is 59.2 Å². The van der Waals surface area contributed by atoms with Gasteiger partial charge in [0.25, 0.3) is 0 Å². The molecule has 0 aromatic rings. The summed E-state index contributed by atoms with van der Waals surface area (Å²) in [5.74, 6) is -0.348. The van der Waals surface area contributed by atoms with E-state index in [1.165, 1.54) is 13.8 Å². The number of ether oxygens (including phenoxy) is 2. The highest BCUT2D eigenvalue weighted by Gasteiger charge is 2.44. The fourth-order valence-corrected chi connectivity index (χ4v) is 3.52. The van der Waals surface area contributed by atoms with Crippen LogP contribution in [0, 0.1) is 17.8 Å². The molecule has 0 aromatic carbocycles. The Bertz CT molecular complexity index is 491. The van der Waals surface area contributed by atoms with Gasteiger partial charge in [-0.25, -0.2) is 0 Å². The van der Waals surface area contributed by atoms with Gasteiger partial charge in [0.05, 0.1) is 5.92 Å². The van der Waals surface area contributed by atoms with Crippen molar-refractivity contribution >= 4 is 17.7 Å². The number of hydrogen-bond donors (Lipinski definition) is 0. The minimum atomic E-state index is -0.505. The van der Waals surface area contributed by atoms with Crippen LogP contribution >= 0.6 is 0 Å². The molecule has 1 saturated heterocycles. The van der Waals surface area contributed by atoms with Crippen LogP contribution in [0.25, 0.3) is 0 Å². The molecule has 22 heavy (non-hydrogen) atoms. The maximum Gasteiger partial charge on any atom is 0.309 e. The van der Waals surface area contributed by atoms with E-state index in [1.54, 1.807) is 0 Å². The summed E-state index contributed by atoms with van der Waals surface area (Å²) < 4.78 is 10.8. The van der Waals surface area contributed by atoms with Gasteiger partial charge < -0.3 is 9.47 Å². The van der Waals surface area contributed by atoms with Crippen LogP contribution in [0.15, 0.2) is 11.6 Å². The third-order valence-electron chi connectivity index (χ3n) is 4.69. The SMILES string of the molecule is CC(=O)C[C@@H](OC(C)=O)C1=CC[C@H]2[C@H](C)C(=O)O[C@@H]2C[C@@H]1C. The van der Waals surface area contributed by atoms with E-state index >= 15 is 0 Å². The van der Waals surface area contributed by atoms with Crippen molar-refractivity contribution < 1.29 is 23.9 Å². The summed E-state index contributed by atoms with van der Waals surface area (Å²) in [7, 11) is 0. The fourth-order valence-electron chi connectivity index (χ4n) is 3.52. The number of rotatable bonds is 4. The van der Waals surface area contributed by atoms with E-state index < -0.39 is 6.10 Å². The van der Waals surface area contributed by atoms with Gasteiger partial charge >= 0.3 is 11.9 Å². The van der Waals surface area contributed by atoms with E-state index in [9.17, 15) is 14.4 Å². The lowest BCUT2D eigenvalue weighted by Crippen LogP contribution is -2.26. The zero-order chi connectivity index (χ0) is 16.4. The largest absolute Gasteiger partial charge is 0.462 e. The molecule has 0 radical (unpaired) electrons. The lowest BCUT2D eigenvalue weighted by molar-refractivity contribution is -0.145. The van der Waals surface area contributed by atoms with Crippen LogP contribution in [0.2, 0.25) is 0 Å². The number of carbonyl (C=O) groups is 3. The molecule has 2 rings (SSSR count). The summed E-state index contributed by atoms with van der Waals surface area (Å²) >= 11 is 0. The first-order valence-corrected chi connectivity index (χ1v) is 7.86. The van der Waals surface area contributed by atoms with Crippen LogP contribution in [0.5, 0.6) is 0 Å². The van der Waals surface area contributed by atoms with Gasteiger partial charge in [0.2, 0.25) is 0 Å². The Kier molecular flexibility index (Phi) is 5.04. The zero-order valence-electron chi connectivity index (χ0n) is 13.6. The number of allylic oxidation sites excluding steroid dienone is 1. The fraction of sp³-hybridized carbons (Fsp3) is 0.706. The second kappa shape index (κ2) is 6.63. The molecular weight excluding hydrogens is 284 g/mol. The van der Waals surface area contributed by atoms with E-state index in [4.69, 9.17) is 9.47 Å². The Morgan fingerprint density at radius 3 is 2.64 bits per heavy atom. The highest BCUT2D eigenvalue weighted by atomic mass is 16.6. The standard InChI is InChI=1S/C17H24O5/c1-9-7-15-14(11(3)17(20)22-15)6-5-13(9)16(8-10(2)18)21-12(4)19/h5,9,11,14-16H,6-8H2,1-4H3/t9-,11-,14-,15+,16+/m0/s1. The summed E-state index contributed by atoms with van der Waals surface area (Å²) in [5.41, 5.74) is 0.975. The summed E-state index contributed by atoms with van der Waals surface area (Å²) in [6.07, 6.45) is 3.08. The number of fused-ring (bicyclic) bond motifs is 1. The molecule has 0 unspecified atom stereocenters. The van der Waals surface area contributed by atoms with E-state index in [0.29, 0.717) is 12.8 Å². The first-order chi connectivity index (χ1) is 10.3. The molecule has 1 fully saturated rings. The van der Waals surface area contributed by atoms with Crippen molar-refractivity contribution in [1.29, 1.82) is 0 Å². The highest BCUT2D eigenvalue weighted by molar-refractivity contribution is 5.77. The molecule has 0 N–H and O–H groups in total. The van der Waals surface area contributed by atoms with Gasteiger partial charge in [0.1, 0.15) is 18.0 Å². The minimum absolute atomic E-state index is 0.0106. The lowest BCUT2D eigenvalue weighted by atomic mass is 9.87. The van der Waals surface area contributed by atoms with Crippen LogP contribution in [0.1, 0.15) is 47.0 Å². The summed E-state index contributed by atoms with van der Waals surface area (Å²) in [6, 6.07) is 0. The van der Waals surface area contributed by atoms with Gasteiger partial charge in [-0.15, -0.1) is 0 Å². The number of esters is 2. The topological polar surface area (TPSA) is 69.7 Å². The molecular formula is C17H24O5. The smallest absolute Gasteiger partial charge is 0.309 e. The van der Waals surface area contributed by atoms with E-state index in [1.807, 2.05) is 19.9 Å². The third kappa shape index (κ3) is 3.57. The van der Waals surface area contributed by atoms with Gasteiger partial charge in [0.15, 0.2) is 0 Å². The predicted molar refractivity (Wildman–Crippen MR) is 79.9 cm³/mol. The quantitative estimate of drug-likeness (QED) is 0.589. The molecule has 5 atom stereocenters. The van der Waals surface area contributed by atoms with Crippen molar-refractivity contribution in [2.24, 2.45) is 17.8 Å². The molecule has 2 aliphatic rings. The second-order valence-electron chi connectivity index (χ2n) is 6.51. The molecule has 5 nitrogen and oxygen atoms in total. The molecule has 5 heteroatoms. The van der Waals surface area contributed by atoms with Crippen molar-refractivity contribution in [3.63, 3.8) is 0 Å². The van der Waals surface area contributed by atoms with E-state index in [-0.39, 0.29) is 48.0 Å². The Morgan fingerprint density at radius 1 is 1.36 bits per heavy atom. The number of hydrogen-bond acceptors (Lipinski definition) is 5. The highest BCUT2D eigenvalue weighted by Crippen LogP contribution is 2.40. The second-order valence-corrected chi connectivity index (χ2v) is 6.51. The Hall–Kier alpha value is -1.65. The van der Waals surface area contributed by atoms with Crippen molar-refractivity contribution in [1.82, 2.24) is 0 Å². The number of Topliss-reactive ketones (excluding diaryl/α,β-unsaturated/α-hetero) is 1. The summed E-state index contributed by atoms with van der Waals surface area (Å²) in [5, 5.41) is 0. The van der Waals surface area contributed by atoms with Crippen molar-refractivity contribution in [3.05, 3.63) is 11.6 Å². The van der Waals surface area contributed by atoms with Crippen LogP contribution in [0.3, 0.4) is 0 Å². The molecule has 122 valence electrons. The van der Waals surface area contributed by atoms with Gasteiger partial charge in [-0.1, -0.05) is 19.9 Å². The summed E-state index contributed by atoms with van der Waals surface area (Å²) in [4.78, 5) is 34.5. The maximum absolute atomic E-state index is 11.7. The average molecular weight is 308 g/mol. The molecule has 1 aliphatic heterocycles. The molecule has 0 aromatic heterocycles. The predicted octanol–water partition coefficient (Wildman–Crippen LogP) is 2.43. The van der Waals surface area contributed by atoms with Crippen molar-refractivity contribution in [2.75, 3.05) is 0 Å². The van der Waals surface area contributed by atoms with Gasteiger partial charge in [0, 0.05) is 19.3 Å². The average Bonchev–Trinajstić information content (AvgIpc) is 2.56. The van der Waals surface area contributed by atoms with Crippen LogP contribution in [-0.4, -0.2) is 29.9 Å². The summed E-state index contributed by atoms with van der Waals surface area (Å²) in [6.45, 7) is 6.78. The molecule has 0 amide bonds. The van der Waals surface area contributed by atoms with Gasteiger partial charge in [-0.3, -0.25) is 14.4 Å². The van der Waals surface area contributed by atoms with Gasteiger partial charge in [-0.05, 0) is 31.3 Å². The van der Waals surface area contributed by atoms with Crippen molar-refractivity contribution in [3.8, 4) is 0 Å². The zero-order valence-corrected chi connectivity index (χ0v) is 13.6. The minimum Gasteiger partial charge on any atom is -0.462 e. The van der Waals surface area contributed by atoms with E-state index in [2.05, 4.69) is 0 Å². The third-order valence-corrected chi connectivity index (χ3v) is 4.69. The number of carbonyl (C=O) groups excluding carboxylic acids is 3. The van der Waals surface area contributed by atoms with Crippen LogP contribution in [0.4, 0.5) is 0 Å². The molecule has 1 heterocycles. The Morgan fingerprint density at radius 2 is 2.05 bits per heavy atom. The Labute approximate surface area is 131 Å².